The van der Waals surface area contributed by atoms with Crippen molar-refractivity contribution in [2.24, 2.45) is 11.5 Å². The number of nitrogens with one attached hydrogen (secondary N) is 2. The molecule has 2 amide bonds. The van der Waals surface area contributed by atoms with Crippen molar-refractivity contribution in [3.8, 4) is 0 Å². The van der Waals surface area contributed by atoms with Crippen LogP contribution >= 0.6 is 11.8 Å². The largest absolute Gasteiger partial charge is 0.317 e. The van der Waals surface area contributed by atoms with Crippen LogP contribution in [0.2, 0.25) is 0 Å². The SMILES string of the molecule is NC12CSC[C@@]1(N)NC(=O)N2. The lowest BCUT2D eigenvalue weighted by molar-refractivity contribution is 0.245. The Morgan fingerprint density at radius 3 is 2.18 bits per heavy atom. The highest BCUT2D eigenvalue weighted by atomic mass is 32.2. The number of hydrogen-bond acceptors (Lipinski definition) is 4. The van der Waals surface area contributed by atoms with E-state index in [2.05, 4.69) is 10.6 Å². The third-order valence-electron chi connectivity index (χ3n) is 2.13. The predicted octanol–water partition coefficient (Wildman–Crippen LogP) is -1.64. The zero-order chi connectivity index (χ0) is 8.11. The summed E-state index contributed by atoms with van der Waals surface area (Å²) in [6, 6.07) is -0.268. The molecule has 2 atom stereocenters. The molecule has 2 heterocycles. The van der Waals surface area contributed by atoms with Crippen LogP contribution in [0.1, 0.15) is 0 Å². The van der Waals surface area contributed by atoms with Crippen molar-refractivity contribution < 1.29 is 4.79 Å². The van der Waals surface area contributed by atoms with Crippen LogP contribution in [-0.4, -0.2) is 28.9 Å². The molecule has 6 heteroatoms. The van der Waals surface area contributed by atoms with E-state index in [-0.39, 0.29) is 6.03 Å². The van der Waals surface area contributed by atoms with E-state index in [1.807, 2.05) is 0 Å². The Kier molecular flexibility index (Phi) is 1.19. The molecule has 2 rings (SSSR count). The maximum atomic E-state index is 10.9. The summed E-state index contributed by atoms with van der Waals surface area (Å²) in [6.45, 7) is 0. The van der Waals surface area contributed by atoms with Crippen molar-refractivity contribution in [1.82, 2.24) is 10.6 Å². The molecule has 0 aliphatic carbocycles. The second-order valence-corrected chi connectivity index (χ2v) is 4.00. The van der Waals surface area contributed by atoms with Gasteiger partial charge in [0.15, 0.2) is 0 Å². The van der Waals surface area contributed by atoms with Crippen molar-refractivity contribution >= 4 is 17.8 Å². The second kappa shape index (κ2) is 1.82. The minimum Gasteiger partial charge on any atom is -0.316 e. The van der Waals surface area contributed by atoms with E-state index in [0.717, 1.165) is 0 Å². The fourth-order valence-electron chi connectivity index (χ4n) is 1.36. The number of rotatable bonds is 0. The molecule has 2 aliphatic heterocycles. The van der Waals surface area contributed by atoms with Crippen LogP contribution in [-0.2, 0) is 0 Å². The quantitative estimate of drug-likeness (QED) is 0.331. The summed E-state index contributed by atoms with van der Waals surface area (Å²) in [5.74, 6) is 1.34. The molecule has 0 saturated carbocycles. The highest BCUT2D eigenvalue weighted by Crippen LogP contribution is 2.32. The van der Waals surface area contributed by atoms with Gasteiger partial charge in [0.1, 0.15) is 11.3 Å². The second-order valence-electron chi connectivity index (χ2n) is 3.01. The van der Waals surface area contributed by atoms with Crippen molar-refractivity contribution in [2.75, 3.05) is 11.5 Å². The van der Waals surface area contributed by atoms with Crippen molar-refractivity contribution in [3.63, 3.8) is 0 Å². The van der Waals surface area contributed by atoms with Crippen LogP contribution in [0.15, 0.2) is 0 Å². The molecule has 0 aromatic rings. The monoisotopic (exact) mass is 174 g/mol. The lowest BCUT2D eigenvalue weighted by atomic mass is 10.0. The Morgan fingerprint density at radius 1 is 1.27 bits per heavy atom. The van der Waals surface area contributed by atoms with Gasteiger partial charge in [-0.05, 0) is 0 Å². The fraction of sp³-hybridized carbons (Fsp3) is 0.800. The van der Waals surface area contributed by atoms with Gasteiger partial charge in [0.25, 0.3) is 0 Å². The van der Waals surface area contributed by atoms with Gasteiger partial charge < -0.3 is 22.1 Å². The Balaban J connectivity index is 2.35. The van der Waals surface area contributed by atoms with Gasteiger partial charge in [-0.25, -0.2) is 4.79 Å². The first-order valence-electron chi connectivity index (χ1n) is 3.32. The maximum Gasteiger partial charge on any atom is 0.317 e. The topological polar surface area (TPSA) is 93.2 Å². The number of hydrogen-bond donors (Lipinski definition) is 4. The third-order valence-corrected chi connectivity index (χ3v) is 3.45. The van der Waals surface area contributed by atoms with Crippen molar-refractivity contribution in [2.45, 2.75) is 11.3 Å². The van der Waals surface area contributed by atoms with Gasteiger partial charge in [-0.1, -0.05) is 0 Å². The van der Waals surface area contributed by atoms with Gasteiger partial charge in [-0.15, -0.1) is 0 Å². The summed E-state index contributed by atoms with van der Waals surface area (Å²) < 4.78 is 0. The number of carbonyl (C=O) groups is 1. The molecule has 2 saturated heterocycles. The number of amides is 2. The van der Waals surface area contributed by atoms with E-state index >= 15 is 0 Å². The van der Waals surface area contributed by atoms with Gasteiger partial charge >= 0.3 is 6.03 Å². The lowest BCUT2D eigenvalue weighted by Gasteiger charge is -2.30. The standard InChI is InChI=1S/C5H10N4OS/c6-4-1-11-2-5(4,7)9-3(10)8-4/h1-2,6-7H2,(H2,8,9,10)/t4-,5?/m1/s1. The molecule has 0 radical (unpaired) electrons. The Labute approximate surface area is 68.3 Å². The average molecular weight is 174 g/mol. The molecule has 11 heavy (non-hydrogen) atoms. The smallest absolute Gasteiger partial charge is 0.316 e. The normalized spacial score (nSPS) is 48.4. The van der Waals surface area contributed by atoms with E-state index < -0.39 is 11.3 Å². The van der Waals surface area contributed by atoms with Crippen LogP contribution in [0.4, 0.5) is 4.79 Å². The van der Waals surface area contributed by atoms with Gasteiger partial charge in [0.2, 0.25) is 0 Å². The van der Waals surface area contributed by atoms with Crippen LogP contribution in [0.25, 0.3) is 0 Å². The Bertz CT molecular complexity index is 203. The van der Waals surface area contributed by atoms with E-state index in [0.29, 0.717) is 11.5 Å². The average Bonchev–Trinajstić information content (AvgIpc) is 2.16. The Hall–Kier alpha value is -0.460. The van der Waals surface area contributed by atoms with Gasteiger partial charge in [0.05, 0.1) is 0 Å². The number of fused-ring (bicyclic) bond motifs is 1. The van der Waals surface area contributed by atoms with E-state index in [4.69, 9.17) is 11.5 Å². The summed E-state index contributed by atoms with van der Waals surface area (Å²) in [6.07, 6.45) is 0. The van der Waals surface area contributed by atoms with Crippen molar-refractivity contribution in [3.05, 3.63) is 0 Å². The highest BCUT2D eigenvalue weighted by molar-refractivity contribution is 7.99. The molecular formula is C5H10N4OS. The van der Waals surface area contributed by atoms with Crippen molar-refractivity contribution in [1.29, 1.82) is 0 Å². The van der Waals surface area contributed by atoms with Gasteiger partial charge in [-0.2, -0.15) is 11.8 Å². The number of carbonyl (C=O) groups excluding carboxylic acids is 1. The summed E-state index contributed by atoms with van der Waals surface area (Å²) >= 11 is 1.64. The first-order valence-corrected chi connectivity index (χ1v) is 4.47. The number of nitrogens with two attached hydrogens (primary N) is 2. The molecule has 6 N–H and O–H groups in total. The van der Waals surface area contributed by atoms with E-state index in [1.54, 1.807) is 11.8 Å². The lowest BCUT2D eigenvalue weighted by Crippen LogP contribution is -2.70. The van der Waals surface area contributed by atoms with Crippen LogP contribution in [0.5, 0.6) is 0 Å². The van der Waals surface area contributed by atoms with E-state index in [9.17, 15) is 4.79 Å². The molecule has 1 unspecified atom stereocenters. The number of urea groups is 1. The first kappa shape index (κ1) is 7.20. The van der Waals surface area contributed by atoms with Gasteiger partial charge in [-0.3, -0.25) is 0 Å². The minimum atomic E-state index is -0.755. The summed E-state index contributed by atoms with van der Waals surface area (Å²) in [5.41, 5.74) is 10.2. The fourth-order valence-corrected chi connectivity index (χ4v) is 2.77. The van der Waals surface area contributed by atoms with Crippen LogP contribution < -0.4 is 22.1 Å². The molecule has 0 aromatic carbocycles. The molecule has 0 bridgehead atoms. The molecule has 0 spiro atoms. The minimum absolute atomic E-state index is 0.268. The van der Waals surface area contributed by atoms with E-state index in [1.165, 1.54) is 0 Å². The number of thioether (sulfide) groups is 1. The van der Waals surface area contributed by atoms with Crippen LogP contribution in [0.3, 0.4) is 0 Å². The third kappa shape index (κ3) is 0.770. The highest BCUT2D eigenvalue weighted by Gasteiger charge is 2.57. The summed E-state index contributed by atoms with van der Waals surface area (Å²) in [5, 5.41) is 5.23. The summed E-state index contributed by atoms with van der Waals surface area (Å²) in [7, 11) is 0. The first-order chi connectivity index (χ1) is 5.06. The zero-order valence-corrected chi connectivity index (χ0v) is 6.70. The summed E-state index contributed by atoms with van der Waals surface area (Å²) in [4.78, 5) is 10.9. The van der Waals surface area contributed by atoms with Gasteiger partial charge in [0, 0.05) is 11.5 Å². The molecule has 2 fully saturated rings. The predicted molar refractivity (Wildman–Crippen MR) is 42.8 cm³/mol. The molecule has 5 nitrogen and oxygen atoms in total. The zero-order valence-electron chi connectivity index (χ0n) is 5.89. The molecule has 2 aliphatic rings. The molecular weight excluding hydrogens is 164 g/mol. The molecule has 0 aromatic heterocycles. The molecule has 62 valence electrons. The van der Waals surface area contributed by atoms with Crippen LogP contribution in [0, 0.1) is 0 Å². The Morgan fingerprint density at radius 2 is 1.73 bits per heavy atom. The maximum absolute atomic E-state index is 10.9.